The molecule has 0 atom stereocenters. The van der Waals surface area contributed by atoms with E-state index >= 15 is 0 Å². The Labute approximate surface area is 219 Å². The van der Waals surface area contributed by atoms with Crippen molar-refractivity contribution < 1.29 is 17.9 Å². The van der Waals surface area contributed by atoms with Crippen LogP contribution in [0.1, 0.15) is 31.2 Å². The fraction of sp³-hybridized carbons (Fsp3) is 0.520. The Morgan fingerprint density at radius 3 is 2.53 bits per heavy atom. The molecule has 0 bridgehead atoms. The molecule has 198 valence electrons. The minimum Gasteiger partial charge on any atom is -0.379 e. The number of rotatable bonds is 14. The molecule has 1 aliphatic rings. The molecule has 2 aromatic rings. The van der Waals surface area contributed by atoms with Crippen molar-refractivity contribution in [3.05, 3.63) is 59.4 Å². The second-order valence-electron chi connectivity index (χ2n) is 8.70. The second kappa shape index (κ2) is 15.0. The number of morpholine rings is 1. The molecule has 2 N–H and O–H groups in total. The summed E-state index contributed by atoms with van der Waals surface area (Å²) in [5.41, 5.74) is 1.57. The maximum atomic E-state index is 13.2. The van der Waals surface area contributed by atoms with Crippen LogP contribution < -0.4 is 14.9 Å². The highest BCUT2D eigenvalue weighted by molar-refractivity contribution is 7.92. The van der Waals surface area contributed by atoms with E-state index in [1.54, 1.807) is 36.7 Å². The molecular formula is C25H36ClN5O4S. The topological polar surface area (TPSA) is 104 Å². The van der Waals surface area contributed by atoms with E-state index in [4.69, 9.17) is 16.3 Å². The van der Waals surface area contributed by atoms with E-state index in [-0.39, 0.29) is 11.8 Å². The van der Waals surface area contributed by atoms with Crippen molar-refractivity contribution in [3.8, 4) is 0 Å². The largest absolute Gasteiger partial charge is 0.379 e. The Hall–Kier alpha value is -2.40. The maximum absolute atomic E-state index is 13.2. The lowest BCUT2D eigenvalue weighted by atomic mass is 10.2. The number of carbonyl (C=O) groups excluding carboxylic acids is 1. The number of urea groups is 1. The van der Waals surface area contributed by atoms with E-state index in [9.17, 15) is 13.2 Å². The lowest BCUT2D eigenvalue weighted by molar-refractivity contribution is 0.0395. The smallest absolute Gasteiger partial charge is 0.315 e. The Balaban J connectivity index is 1.38. The van der Waals surface area contributed by atoms with Gasteiger partial charge in [-0.05, 0) is 48.7 Å². The highest BCUT2D eigenvalue weighted by atomic mass is 35.5. The first-order valence-electron chi connectivity index (χ1n) is 12.4. The standard InChI is InChI=1S/C25H36ClN5O4S/c26-23-7-9-24(10-8-23)31(14-13-30-15-17-35-18-16-30)36(33,34)19-4-2-1-3-12-28-25(32)29-21-22-6-5-11-27-20-22/h5-11,20H,1-4,12-19,21H2,(H2,28,29,32). The Morgan fingerprint density at radius 2 is 1.81 bits per heavy atom. The average Bonchev–Trinajstić information content (AvgIpc) is 2.89. The van der Waals surface area contributed by atoms with Crippen LogP contribution in [-0.2, 0) is 21.3 Å². The summed E-state index contributed by atoms with van der Waals surface area (Å²) in [6.45, 7) is 4.98. The van der Waals surface area contributed by atoms with Crippen molar-refractivity contribution in [2.45, 2.75) is 32.2 Å². The minimum absolute atomic E-state index is 0.0811. The van der Waals surface area contributed by atoms with Crippen LogP contribution in [0.15, 0.2) is 48.8 Å². The number of hydrogen-bond acceptors (Lipinski definition) is 6. The van der Waals surface area contributed by atoms with E-state index < -0.39 is 10.0 Å². The first kappa shape index (κ1) is 28.2. The third-order valence-electron chi connectivity index (χ3n) is 5.96. The molecule has 1 saturated heterocycles. The van der Waals surface area contributed by atoms with Crippen LogP contribution in [0, 0.1) is 0 Å². The van der Waals surface area contributed by atoms with Gasteiger partial charge in [0.05, 0.1) is 24.7 Å². The zero-order valence-corrected chi connectivity index (χ0v) is 22.1. The second-order valence-corrected chi connectivity index (χ2v) is 11.2. The molecular weight excluding hydrogens is 502 g/mol. The molecule has 1 aliphatic heterocycles. The van der Waals surface area contributed by atoms with Gasteiger partial charge < -0.3 is 15.4 Å². The van der Waals surface area contributed by atoms with E-state index in [0.29, 0.717) is 56.5 Å². The van der Waals surface area contributed by atoms with Gasteiger partial charge in [-0.2, -0.15) is 0 Å². The first-order valence-corrected chi connectivity index (χ1v) is 14.4. The number of halogens is 1. The number of ether oxygens (including phenoxy) is 1. The highest BCUT2D eigenvalue weighted by Crippen LogP contribution is 2.22. The molecule has 1 aromatic carbocycles. The zero-order chi connectivity index (χ0) is 25.6. The quantitative estimate of drug-likeness (QED) is 0.358. The first-order chi connectivity index (χ1) is 17.4. The number of carbonyl (C=O) groups is 1. The Morgan fingerprint density at radius 1 is 1.06 bits per heavy atom. The number of sulfonamides is 1. The summed E-state index contributed by atoms with van der Waals surface area (Å²) >= 11 is 6.02. The molecule has 0 aliphatic carbocycles. The summed E-state index contributed by atoms with van der Waals surface area (Å²) in [6, 6.07) is 10.4. The van der Waals surface area contributed by atoms with E-state index in [2.05, 4.69) is 20.5 Å². The van der Waals surface area contributed by atoms with Crippen molar-refractivity contribution in [2.75, 3.05) is 56.0 Å². The van der Waals surface area contributed by atoms with Gasteiger partial charge in [-0.3, -0.25) is 14.2 Å². The lowest BCUT2D eigenvalue weighted by Crippen LogP contribution is -2.43. The van der Waals surface area contributed by atoms with Crippen LogP contribution in [0.5, 0.6) is 0 Å². The number of amides is 2. The van der Waals surface area contributed by atoms with Crippen LogP contribution in [-0.4, -0.2) is 76.0 Å². The van der Waals surface area contributed by atoms with Crippen molar-refractivity contribution >= 4 is 33.3 Å². The van der Waals surface area contributed by atoms with Crippen LogP contribution in [0.25, 0.3) is 0 Å². The van der Waals surface area contributed by atoms with Crippen molar-refractivity contribution in [1.82, 2.24) is 20.5 Å². The molecule has 1 fully saturated rings. The summed E-state index contributed by atoms with van der Waals surface area (Å²) in [4.78, 5) is 18.1. The van der Waals surface area contributed by atoms with Crippen LogP contribution >= 0.6 is 11.6 Å². The highest BCUT2D eigenvalue weighted by Gasteiger charge is 2.23. The minimum atomic E-state index is -3.48. The number of anilines is 1. The molecule has 0 spiro atoms. The van der Waals surface area contributed by atoms with Gasteiger partial charge in [0.25, 0.3) is 0 Å². The predicted molar refractivity (Wildman–Crippen MR) is 143 cm³/mol. The van der Waals surface area contributed by atoms with E-state index in [1.807, 2.05) is 12.1 Å². The molecule has 3 rings (SSSR count). The van der Waals surface area contributed by atoms with Crippen molar-refractivity contribution in [2.24, 2.45) is 0 Å². The molecule has 0 unspecified atom stereocenters. The zero-order valence-electron chi connectivity index (χ0n) is 20.6. The number of benzene rings is 1. The van der Waals surface area contributed by atoms with Crippen molar-refractivity contribution in [1.29, 1.82) is 0 Å². The van der Waals surface area contributed by atoms with Crippen LogP contribution in [0.4, 0.5) is 10.5 Å². The molecule has 0 radical (unpaired) electrons. The van der Waals surface area contributed by atoms with Gasteiger partial charge in [-0.25, -0.2) is 13.2 Å². The SMILES string of the molecule is O=C(NCCCCCCS(=O)(=O)N(CCN1CCOCC1)c1ccc(Cl)cc1)NCc1cccnc1. The van der Waals surface area contributed by atoms with Gasteiger partial charge in [0.15, 0.2) is 0 Å². The number of hydrogen-bond donors (Lipinski definition) is 2. The number of aromatic nitrogens is 1. The molecule has 36 heavy (non-hydrogen) atoms. The molecule has 2 heterocycles. The van der Waals surface area contributed by atoms with Crippen molar-refractivity contribution in [3.63, 3.8) is 0 Å². The maximum Gasteiger partial charge on any atom is 0.315 e. The molecule has 1 aromatic heterocycles. The summed E-state index contributed by atoms with van der Waals surface area (Å²) in [6.07, 6.45) is 6.37. The summed E-state index contributed by atoms with van der Waals surface area (Å²) < 4.78 is 33.4. The fourth-order valence-corrected chi connectivity index (χ4v) is 5.63. The van der Waals surface area contributed by atoms with Gasteiger partial charge in [-0.15, -0.1) is 0 Å². The summed E-state index contributed by atoms with van der Waals surface area (Å²) in [5.74, 6) is 0.0811. The number of nitrogens with zero attached hydrogens (tertiary/aromatic N) is 3. The van der Waals surface area contributed by atoms with E-state index in [1.165, 1.54) is 4.31 Å². The fourth-order valence-electron chi connectivity index (χ4n) is 3.92. The van der Waals surface area contributed by atoms with Gasteiger partial charge in [-0.1, -0.05) is 30.5 Å². The molecule has 2 amide bonds. The molecule has 0 saturated carbocycles. The monoisotopic (exact) mass is 537 g/mol. The number of pyridine rings is 1. The number of nitrogens with one attached hydrogen (secondary N) is 2. The third-order valence-corrected chi connectivity index (χ3v) is 8.09. The normalized spacial score (nSPS) is 14.4. The van der Waals surface area contributed by atoms with Gasteiger partial charge in [0, 0.05) is 56.7 Å². The lowest BCUT2D eigenvalue weighted by Gasteiger charge is -2.30. The Kier molecular flexibility index (Phi) is 11.7. The predicted octanol–water partition coefficient (Wildman–Crippen LogP) is 3.26. The van der Waals surface area contributed by atoms with Gasteiger partial charge in [0.2, 0.25) is 10.0 Å². The number of unbranched alkanes of at least 4 members (excludes halogenated alkanes) is 3. The van der Waals surface area contributed by atoms with E-state index in [0.717, 1.165) is 37.9 Å². The average molecular weight is 538 g/mol. The Bertz CT molecular complexity index is 1020. The van der Waals surface area contributed by atoms with Gasteiger partial charge >= 0.3 is 6.03 Å². The van der Waals surface area contributed by atoms with Crippen LogP contribution in [0.3, 0.4) is 0 Å². The third kappa shape index (κ3) is 9.93. The summed E-state index contributed by atoms with van der Waals surface area (Å²) in [5, 5.41) is 6.20. The van der Waals surface area contributed by atoms with Crippen LogP contribution in [0.2, 0.25) is 5.02 Å². The summed E-state index contributed by atoms with van der Waals surface area (Å²) in [7, 11) is -3.48. The molecule has 11 heteroatoms. The molecule has 9 nitrogen and oxygen atoms in total. The van der Waals surface area contributed by atoms with Gasteiger partial charge in [0.1, 0.15) is 0 Å².